The molecule has 0 aromatic carbocycles. The molecule has 1 heterocycles. The van der Waals surface area contributed by atoms with E-state index in [0.29, 0.717) is 25.2 Å². The lowest BCUT2D eigenvalue weighted by molar-refractivity contribution is -0.152. The minimum Gasteiger partial charge on any atom is -0.465 e. The van der Waals surface area contributed by atoms with Crippen LogP contribution in [0, 0.1) is 0 Å². The van der Waals surface area contributed by atoms with Crippen LogP contribution in [0.1, 0.15) is 60.8 Å². The number of hydrogen-bond acceptors (Lipinski definition) is 4. The number of likely N-dealkylation sites (tertiary alicyclic amines) is 1. The van der Waals surface area contributed by atoms with E-state index in [0.717, 1.165) is 0 Å². The Morgan fingerprint density at radius 1 is 1.35 bits per heavy atom. The van der Waals surface area contributed by atoms with Crippen LogP contribution in [0.15, 0.2) is 0 Å². The Kier molecular flexibility index (Phi) is 6.46. The van der Waals surface area contributed by atoms with Gasteiger partial charge in [-0.1, -0.05) is 6.42 Å². The first-order valence-electron chi connectivity index (χ1n) is 8.00. The highest BCUT2D eigenvalue weighted by molar-refractivity contribution is 5.80. The van der Waals surface area contributed by atoms with Crippen LogP contribution >= 0.6 is 0 Å². The molecule has 0 spiro atoms. The van der Waals surface area contributed by atoms with Gasteiger partial charge in [-0.2, -0.15) is 0 Å². The average molecular weight is 284 g/mol. The molecule has 0 amide bonds. The fourth-order valence-electron chi connectivity index (χ4n) is 3.25. The van der Waals surface area contributed by atoms with E-state index in [1.165, 1.54) is 19.3 Å². The van der Waals surface area contributed by atoms with Gasteiger partial charge < -0.3 is 4.74 Å². The van der Waals surface area contributed by atoms with Crippen molar-refractivity contribution in [2.24, 2.45) is 0 Å². The molecule has 1 saturated heterocycles. The standard InChI is InChI=1S/C16H32N2O2/c1-7-20-15(19)16(6,17-12(2)3)11-18-13(4)9-8-10-14(18)5/h12-14,17H,7-11H2,1-6H3. The second-order valence-corrected chi connectivity index (χ2v) is 6.65. The summed E-state index contributed by atoms with van der Waals surface area (Å²) >= 11 is 0. The van der Waals surface area contributed by atoms with Crippen LogP contribution in [-0.4, -0.2) is 47.7 Å². The summed E-state index contributed by atoms with van der Waals surface area (Å²) in [7, 11) is 0. The molecule has 4 nitrogen and oxygen atoms in total. The van der Waals surface area contributed by atoms with Crippen molar-refractivity contribution in [3.8, 4) is 0 Å². The third kappa shape index (κ3) is 4.45. The molecule has 3 atom stereocenters. The van der Waals surface area contributed by atoms with Crippen LogP contribution in [-0.2, 0) is 9.53 Å². The Labute approximate surface area is 124 Å². The molecule has 1 fully saturated rings. The van der Waals surface area contributed by atoms with Gasteiger partial charge in [-0.3, -0.25) is 15.0 Å². The molecule has 1 N–H and O–H groups in total. The van der Waals surface area contributed by atoms with Crippen LogP contribution < -0.4 is 5.32 Å². The Bertz CT molecular complexity index is 310. The topological polar surface area (TPSA) is 41.6 Å². The van der Waals surface area contributed by atoms with Gasteiger partial charge >= 0.3 is 5.97 Å². The maximum absolute atomic E-state index is 12.4. The van der Waals surface area contributed by atoms with E-state index in [1.807, 2.05) is 13.8 Å². The van der Waals surface area contributed by atoms with Crippen molar-refractivity contribution in [2.45, 2.75) is 84.5 Å². The Hall–Kier alpha value is -0.610. The van der Waals surface area contributed by atoms with E-state index in [2.05, 4.69) is 37.9 Å². The lowest BCUT2D eigenvalue weighted by atomic mass is 9.92. The lowest BCUT2D eigenvalue weighted by Gasteiger charge is -2.44. The number of ether oxygens (including phenoxy) is 1. The van der Waals surface area contributed by atoms with Crippen LogP contribution in [0.25, 0.3) is 0 Å². The Morgan fingerprint density at radius 2 is 1.90 bits per heavy atom. The number of carbonyl (C=O) groups is 1. The van der Waals surface area contributed by atoms with Gasteiger partial charge in [0.2, 0.25) is 0 Å². The number of carbonyl (C=O) groups excluding carboxylic acids is 1. The molecule has 20 heavy (non-hydrogen) atoms. The minimum atomic E-state index is -0.635. The molecule has 1 aliphatic rings. The van der Waals surface area contributed by atoms with E-state index in [-0.39, 0.29) is 12.0 Å². The maximum Gasteiger partial charge on any atom is 0.327 e. The molecule has 0 radical (unpaired) electrons. The van der Waals surface area contributed by atoms with Gasteiger partial charge in [0.25, 0.3) is 0 Å². The Balaban J connectivity index is 2.84. The molecule has 1 aliphatic heterocycles. The number of hydrogen-bond donors (Lipinski definition) is 1. The number of esters is 1. The zero-order valence-corrected chi connectivity index (χ0v) is 14.0. The summed E-state index contributed by atoms with van der Waals surface area (Å²) in [5, 5.41) is 3.41. The molecule has 4 heteroatoms. The van der Waals surface area contributed by atoms with Gasteiger partial charge in [-0.05, 0) is 54.4 Å². The van der Waals surface area contributed by atoms with Crippen molar-refractivity contribution in [1.29, 1.82) is 0 Å². The van der Waals surface area contributed by atoms with Crippen LogP contribution in [0.2, 0.25) is 0 Å². The molecular weight excluding hydrogens is 252 g/mol. The van der Waals surface area contributed by atoms with E-state index >= 15 is 0 Å². The SMILES string of the molecule is CCOC(=O)C(C)(CN1C(C)CCCC1C)NC(C)C. The highest BCUT2D eigenvalue weighted by Gasteiger charge is 2.40. The molecule has 0 aromatic heterocycles. The zero-order valence-electron chi connectivity index (χ0n) is 14.0. The predicted molar refractivity (Wildman–Crippen MR) is 82.8 cm³/mol. The summed E-state index contributed by atoms with van der Waals surface area (Å²) in [5.41, 5.74) is -0.635. The molecule has 1 rings (SSSR count). The first kappa shape index (κ1) is 17.4. The molecule has 3 unspecified atom stereocenters. The van der Waals surface area contributed by atoms with Gasteiger partial charge in [-0.15, -0.1) is 0 Å². The summed E-state index contributed by atoms with van der Waals surface area (Å²) < 4.78 is 5.29. The van der Waals surface area contributed by atoms with Crippen molar-refractivity contribution in [2.75, 3.05) is 13.2 Å². The number of rotatable bonds is 6. The van der Waals surface area contributed by atoms with E-state index in [9.17, 15) is 4.79 Å². The highest BCUT2D eigenvalue weighted by Crippen LogP contribution is 2.25. The first-order chi connectivity index (χ1) is 9.30. The van der Waals surface area contributed by atoms with Crippen LogP contribution in [0.5, 0.6) is 0 Å². The molecule has 0 bridgehead atoms. The summed E-state index contributed by atoms with van der Waals surface area (Å²) in [6.07, 6.45) is 3.71. The predicted octanol–water partition coefficient (Wildman–Crippen LogP) is 2.57. The van der Waals surface area contributed by atoms with Crippen molar-refractivity contribution < 1.29 is 9.53 Å². The molecular formula is C16H32N2O2. The molecule has 0 aromatic rings. The van der Waals surface area contributed by atoms with Crippen LogP contribution in [0.3, 0.4) is 0 Å². The van der Waals surface area contributed by atoms with Gasteiger partial charge in [0, 0.05) is 24.7 Å². The smallest absolute Gasteiger partial charge is 0.327 e. The number of nitrogens with one attached hydrogen (secondary N) is 1. The fraction of sp³-hybridized carbons (Fsp3) is 0.938. The monoisotopic (exact) mass is 284 g/mol. The number of nitrogens with zero attached hydrogens (tertiary/aromatic N) is 1. The van der Waals surface area contributed by atoms with Crippen molar-refractivity contribution in [3.05, 3.63) is 0 Å². The molecule has 118 valence electrons. The van der Waals surface area contributed by atoms with Gasteiger partial charge in [-0.25, -0.2) is 0 Å². The highest BCUT2D eigenvalue weighted by atomic mass is 16.5. The summed E-state index contributed by atoms with van der Waals surface area (Å²) in [4.78, 5) is 14.8. The fourth-order valence-corrected chi connectivity index (χ4v) is 3.25. The second-order valence-electron chi connectivity index (χ2n) is 6.65. The first-order valence-corrected chi connectivity index (χ1v) is 8.00. The summed E-state index contributed by atoms with van der Waals surface area (Å²) in [6, 6.07) is 1.31. The van der Waals surface area contributed by atoms with Gasteiger partial charge in [0.15, 0.2) is 0 Å². The summed E-state index contributed by atoms with van der Waals surface area (Å²) in [6.45, 7) is 13.6. The zero-order chi connectivity index (χ0) is 15.3. The number of piperidine rings is 1. The average Bonchev–Trinajstić information content (AvgIpc) is 2.33. The minimum absolute atomic E-state index is 0.140. The van der Waals surface area contributed by atoms with Crippen LogP contribution in [0.4, 0.5) is 0 Å². The second kappa shape index (κ2) is 7.41. The third-order valence-electron chi connectivity index (χ3n) is 4.21. The van der Waals surface area contributed by atoms with Crippen molar-refractivity contribution in [1.82, 2.24) is 10.2 Å². The van der Waals surface area contributed by atoms with Crippen molar-refractivity contribution >= 4 is 5.97 Å². The normalized spacial score (nSPS) is 27.4. The summed E-state index contributed by atoms with van der Waals surface area (Å²) in [5.74, 6) is -0.140. The lowest BCUT2D eigenvalue weighted by Crippen LogP contribution is -2.62. The molecule has 0 saturated carbocycles. The third-order valence-corrected chi connectivity index (χ3v) is 4.21. The van der Waals surface area contributed by atoms with E-state index in [4.69, 9.17) is 4.74 Å². The molecule has 0 aliphatic carbocycles. The maximum atomic E-state index is 12.4. The largest absolute Gasteiger partial charge is 0.465 e. The van der Waals surface area contributed by atoms with Gasteiger partial charge in [0.05, 0.1) is 6.61 Å². The Morgan fingerprint density at radius 3 is 2.35 bits per heavy atom. The van der Waals surface area contributed by atoms with E-state index < -0.39 is 5.54 Å². The van der Waals surface area contributed by atoms with Gasteiger partial charge in [0.1, 0.15) is 5.54 Å². The quantitative estimate of drug-likeness (QED) is 0.761. The van der Waals surface area contributed by atoms with E-state index in [1.54, 1.807) is 0 Å². The van der Waals surface area contributed by atoms with Crippen molar-refractivity contribution in [3.63, 3.8) is 0 Å².